The number of nitro groups is 1. The van der Waals surface area contributed by atoms with Crippen LogP contribution in [0, 0.1) is 39.7 Å². The number of nitrogens with zero attached hydrogens (tertiary/aromatic N) is 2. The van der Waals surface area contributed by atoms with Crippen LogP contribution in [0.1, 0.15) is 66.4 Å². The van der Waals surface area contributed by atoms with E-state index in [0.717, 1.165) is 29.8 Å². The van der Waals surface area contributed by atoms with Crippen molar-refractivity contribution >= 4 is 28.8 Å². The number of carbonyl (C=O) groups excluding carboxylic acids is 2. The van der Waals surface area contributed by atoms with Gasteiger partial charge < -0.3 is 21.7 Å². The summed E-state index contributed by atoms with van der Waals surface area (Å²) in [4.78, 5) is 37.2. The fourth-order valence-corrected chi connectivity index (χ4v) is 8.19. The van der Waals surface area contributed by atoms with Gasteiger partial charge in [-0.1, -0.05) is 18.3 Å². The molecule has 4 fully saturated rings. The number of hydrogen-bond donors (Lipinski definition) is 0. The molecule has 2 aromatic rings. The molecule has 188 valence electrons. The van der Waals surface area contributed by atoms with Gasteiger partial charge >= 0.3 is 5.97 Å². The predicted molar refractivity (Wildman–Crippen MR) is 127 cm³/mol. The molecule has 6 rings (SSSR count). The number of ketones is 1. The summed E-state index contributed by atoms with van der Waals surface area (Å²) in [5.41, 5.74) is 3.36. The molecule has 0 radical (unpaired) electrons. The topological polar surface area (TPSA) is 90.4 Å². The first-order valence-corrected chi connectivity index (χ1v) is 13.0. The summed E-state index contributed by atoms with van der Waals surface area (Å²) in [7, 11) is 0. The Labute approximate surface area is 219 Å². The Bertz CT molecular complexity index is 1130. The van der Waals surface area contributed by atoms with Crippen LogP contribution in [0.5, 0.6) is 0 Å². The Morgan fingerprint density at radius 2 is 1.83 bits per heavy atom. The third-order valence-corrected chi connectivity index (χ3v) is 9.36. The Kier molecular flexibility index (Phi) is 7.21. The molecule has 2 atom stereocenters. The van der Waals surface area contributed by atoms with Crippen molar-refractivity contribution in [2.75, 3.05) is 6.61 Å². The van der Waals surface area contributed by atoms with Gasteiger partial charge in [-0.15, -0.1) is 0 Å². The van der Waals surface area contributed by atoms with E-state index < -0.39 is 4.92 Å². The molecule has 2 unspecified atom stereocenters. The zero-order valence-electron chi connectivity index (χ0n) is 20.1. The zero-order chi connectivity index (χ0) is 24.1. The van der Waals surface area contributed by atoms with Crippen LogP contribution in [0.4, 0.5) is 5.69 Å². The van der Waals surface area contributed by atoms with Crippen molar-refractivity contribution < 1.29 is 40.8 Å². The molecular weight excluding hydrogens is 532 g/mol. The van der Waals surface area contributed by atoms with Crippen molar-refractivity contribution in [2.24, 2.45) is 22.7 Å². The maximum atomic E-state index is 13.2. The molecule has 0 spiro atoms. The normalized spacial score (nSPS) is 28.4. The minimum absolute atomic E-state index is 0. The van der Waals surface area contributed by atoms with Crippen LogP contribution in [-0.2, 0) is 22.5 Å². The summed E-state index contributed by atoms with van der Waals surface area (Å²) in [6.45, 7) is 4.86. The largest absolute Gasteiger partial charge is 1.00 e. The number of non-ortho nitro benzene ring substituents is 1. The van der Waals surface area contributed by atoms with Gasteiger partial charge in [-0.3, -0.25) is 19.7 Å². The number of nitro benzene ring substituents is 1. The fourth-order valence-electron chi connectivity index (χ4n) is 7.21. The van der Waals surface area contributed by atoms with Gasteiger partial charge in [0, 0.05) is 31.0 Å². The summed E-state index contributed by atoms with van der Waals surface area (Å²) in [5, 5.41) is 10.8. The lowest BCUT2D eigenvalue weighted by atomic mass is 9.44. The molecular formula is C26H31BrN2O5S. The number of rotatable bonds is 8. The summed E-state index contributed by atoms with van der Waals surface area (Å²) in [5.74, 6) is 1.27. The molecule has 0 saturated heterocycles. The lowest BCUT2D eigenvalue weighted by molar-refractivity contribution is -0.684. The number of hydrogen-bond acceptors (Lipinski definition) is 6. The molecule has 0 amide bonds. The van der Waals surface area contributed by atoms with Gasteiger partial charge in [0.05, 0.1) is 21.8 Å². The number of halogens is 1. The summed E-state index contributed by atoms with van der Waals surface area (Å²) >= 11 is 1.56. The first kappa shape index (κ1) is 25.9. The number of esters is 1. The van der Waals surface area contributed by atoms with Crippen molar-refractivity contribution in [1.82, 2.24) is 0 Å². The molecule has 1 aromatic carbocycles. The second-order valence-electron chi connectivity index (χ2n) is 11.0. The maximum absolute atomic E-state index is 13.2. The Balaban J connectivity index is 0.00000289. The van der Waals surface area contributed by atoms with E-state index in [1.807, 2.05) is 17.0 Å². The molecule has 4 saturated carbocycles. The molecule has 9 heteroatoms. The van der Waals surface area contributed by atoms with Gasteiger partial charge in [-0.2, -0.15) is 4.57 Å². The first-order valence-electron chi connectivity index (χ1n) is 12.1. The van der Waals surface area contributed by atoms with Crippen LogP contribution in [0.25, 0.3) is 0 Å². The highest BCUT2D eigenvalue weighted by Gasteiger charge is 2.59. The Morgan fingerprint density at radius 3 is 2.43 bits per heavy atom. The average Bonchev–Trinajstić information content (AvgIpc) is 3.11. The van der Waals surface area contributed by atoms with E-state index >= 15 is 0 Å². The summed E-state index contributed by atoms with van der Waals surface area (Å²) < 4.78 is 7.75. The second-order valence-corrected chi connectivity index (χ2v) is 12.0. The second kappa shape index (κ2) is 9.73. The minimum atomic E-state index is -0.478. The van der Waals surface area contributed by atoms with E-state index in [-0.39, 0.29) is 46.4 Å². The van der Waals surface area contributed by atoms with Crippen molar-refractivity contribution in [1.29, 1.82) is 0 Å². The van der Waals surface area contributed by atoms with Gasteiger partial charge in [0.25, 0.3) is 5.69 Å². The number of ether oxygens (including phenoxy) is 1. The summed E-state index contributed by atoms with van der Waals surface area (Å²) in [6, 6.07) is 5.69. The van der Waals surface area contributed by atoms with Crippen LogP contribution in [0.15, 0.2) is 29.8 Å². The van der Waals surface area contributed by atoms with Gasteiger partial charge in [0.1, 0.15) is 0 Å². The van der Waals surface area contributed by atoms with Gasteiger partial charge in [-0.05, 0) is 67.9 Å². The number of thiazole rings is 1. The molecule has 7 nitrogen and oxygen atoms in total. The van der Waals surface area contributed by atoms with Crippen LogP contribution in [-0.4, -0.2) is 23.3 Å². The SMILES string of the molecule is Cc1c(CCOC(=O)C23CC4CC(CC(C)(C4)C2)C3)sc[n+]1CC(=O)c1ccc([N+](=O)[O-])cc1.[Br-]. The first-order chi connectivity index (χ1) is 16.2. The maximum Gasteiger partial charge on any atom is 0.312 e. The zero-order valence-corrected chi connectivity index (χ0v) is 22.5. The van der Waals surface area contributed by atoms with E-state index in [0.29, 0.717) is 35.8 Å². The third kappa shape index (κ3) is 5.07. The quantitative estimate of drug-likeness (QED) is 0.161. The molecule has 4 aliphatic rings. The Hall–Kier alpha value is -2.13. The molecule has 1 heterocycles. The van der Waals surface area contributed by atoms with E-state index in [4.69, 9.17) is 4.74 Å². The van der Waals surface area contributed by atoms with E-state index in [1.165, 1.54) is 43.5 Å². The molecule has 4 bridgehead atoms. The fraction of sp³-hybridized carbons (Fsp3) is 0.577. The van der Waals surface area contributed by atoms with Crippen molar-refractivity contribution in [3.8, 4) is 0 Å². The molecule has 1 aromatic heterocycles. The highest BCUT2D eigenvalue weighted by atomic mass is 79.9. The lowest BCUT2D eigenvalue weighted by Gasteiger charge is -2.59. The van der Waals surface area contributed by atoms with E-state index in [2.05, 4.69) is 6.92 Å². The van der Waals surface area contributed by atoms with Gasteiger partial charge in [0.2, 0.25) is 17.8 Å². The number of Topliss-reactive ketones (excluding diaryl/α,β-unsaturated/α-hetero) is 1. The number of carbonyl (C=O) groups is 2. The minimum Gasteiger partial charge on any atom is -1.00 e. The third-order valence-electron chi connectivity index (χ3n) is 8.22. The Morgan fingerprint density at radius 1 is 1.17 bits per heavy atom. The van der Waals surface area contributed by atoms with Gasteiger partial charge in [-0.25, -0.2) is 0 Å². The molecule has 0 aliphatic heterocycles. The lowest BCUT2D eigenvalue weighted by Crippen LogP contribution is -3.00. The number of aromatic nitrogens is 1. The van der Waals surface area contributed by atoms with Crippen LogP contribution >= 0.6 is 11.3 Å². The van der Waals surface area contributed by atoms with Crippen molar-refractivity contribution in [3.63, 3.8) is 0 Å². The average molecular weight is 564 g/mol. The molecule has 35 heavy (non-hydrogen) atoms. The monoisotopic (exact) mass is 562 g/mol. The van der Waals surface area contributed by atoms with Crippen molar-refractivity contribution in [3.05, 3.63) is 56.0 Å². The smallest absolute Gasteiger partial charge is 0.312 e. The van der Waals surface area contributed by atoms with Gasteiger partial charge in [0.15, 0.2) is 5.69 Å². The standard InChI is InChI=1S/C26H31N2O5S.BrH/c1-17-23(34-16-27(17)14-22(29)20-3-5-21(6-4-20)28(31)32)7-8-33-24(30)26-12-18-9-19(13-26)11-25(2,10-18)15-26;/h3-6,16,18-19H,7-15H2,1-2H3;1H/q+1;/p-1. The molecule has 0 N–H and O–H groups in total. The number of benzene rings is 1. The van der Waals surface area contributed by atoms with E-state index in [9.17, 15) is 19.7 Å². The van der Waals surface area contributed by atoms with Crippen LogP contribution in [0.3, 0.4) is 0 Å². The predicted octanol–water partition coefficient (Wildman–Crippen LogP) is 1.83. The highest BCUT2D eigenvalue weighted by molar-refractivity contribution is 7.09. The van der Waals surface area contributed by atoms with Crippen LogP contribution in [0.2, 0.25) is 0 Å². The summed E-state index contributed by atoms with van der Waals surface area (Å²) in [6.07, 6.45) is 7.45. The molecule has 4 aliphatic carbocycles. The highest BCUT2D eigenvalue weighted by Crippen LogP contribution is 2.65. The van der Waals surface area contributed by atoms with E-state index in [1.54, 1.807) is 11.3 Å². The van der Waals surface area contributed by atoms with Crippen molar-refractivity contribution in [2.45, 2.75) is 65.3 Å². The van der Waals surface area contributed by atoms with Crippen LogP contribution < -0.4 is 21.5 Å².